The number of carbonyl (C=O) groups is 1. The van der Waals surface area contributed by atoms with Gasteiger partial charge in [-0.2, -0.15) is 0 Å². The van der Waals surface area contributed by atoms with Crippen molar-refractivity contribution in [3.63, 3.8) is 0 Å². The van der Waals surface area contributed by atoms with E-state index in [1.165, 1.54) is 0 Å². The summed E-state index contributed by atoms with van der Waals surface area (Å²) in [6, 6.07) is 0. The summed E-state index contributed by atoms with van der Waals surface area (Å²) in [5, 5.41) is 0. The normalized spacial score (nSPS) is 21.4. The van der Waals surface area contributed by atoms with E-state index in [1.54, 1.807) is 6.92 Å². The van der Waals surface area contributed by atoms with Gasteiger partial charge in [-0.3, -0.25) is 4.79 Å². The molecule has 0 aliphatic carbocycles. The highest BCUT2D eigenvalue weighted by molar-refractivity contribution is 5.80. The number of hydrogen-bond donors (Lipinski definition) is 0. The first-order valence-corrected chi connectivity index (χ1v) is 7.28. The predicted molar refractivity (Wildman–Crippen MR) is 73.1 cm³/mol. The van der Waals surface area contributed by atoms with Crippen molar-refractivity contribution in [3.05, 3.63) is 0 Å². The molecule has 2 unspecified atom stereocenters. The summed E-state index contributed by atoms with van der Waals surface area (Å²) in [5.74, 6) is 0.0564. The van der Waals surface area contributed by atoms with Crippen molar-refractivity contribution < 1.29 is 19.0 Å². The molecular formula is C14H27NO4. The number of piperidine rings is 1. The van der Waals surface area contributed by atoms with Crippen LogP contribution < -0.4 is 0 Å². The maximum Gasteiger partial charge on any atom is 0.251 e. The van der Waals surface area contributed by atoms with Gasteiger partial charge in [-0.05, 0) is 33.6 Å². The maximum atomic E-state index is 12.2. The number of rotatable bonds is 8. The molecule has 1 aliphatic rings. The third kappa shape index (κ3) is 5.89. The molecule has 1 fully saturated rings. The second kappa shape index (κ2) is 9.28. The molecule has 5 heteroatoms. The third-order valence-corrected chi connectivity index (χ3v) is 3.24. The molecule has 1 saturated heterocycles. The SMILES string of the molecule is CCOCCOC(C)C(=O)N1CCCC(OCC)C1. The molecule has 0 bridgehead atoms. The number of carbonyl (C=O) groups excluding carboxylic acids is 1. The third-order valence-electron chi connectivity index (χ3n) is 3.24. The van der Waals surface area contributed by atoms with Crippen LogP contribution in [0.4, 0.5) is 0 Å². The number of nitrogens with zero attached hydrogens (tertiary/aromatic N) is 1. The molecule has 0 N–H and O–H groups in total. The monoisotopic (exact) mass is 273 g/mol. The molecule has 1 amide bonds. The van der Waals surface area contributed by atoms with E-state index in [0.717, 1.165) is 19.4 Å². The van der Waals surface area contributed by atoms with E-state index in [0.29, 0.717) is 33.0 Å². The van der Waals surface area contributed by atoms with Crippen molar-refractivity contribution in [3.8, 4) is 0 Å². The van der Waals surface area contributed by atoms with Crippen molar-refractivity contribution in [1.29, 1.82) is 0 Å². The maximum absolute atomic E-state index is 12.2. The standard InChI is InChI=1S/C14H27NO4/c1-4-17-9-10-19-12(3)14(16)15-8-6-7-13(11-15)18-5-2/h12-13H,4-11H2,1-3H3. The molecule has 0 aromatic heterocycles. The molecule has 0 saturated carbocycles. The zero-order valence-corrected chi connectivity index (χ0v) is 12.4. The van der Waals surface area contributed by atoms with Gasteiger partial charge < -0.3 is 19.1 Å². The second-order valence-electron chi connectivity index (χ2n) is 4.71. The lowest BCUT2D eigenvalue weighted by atomic mass is 10.1. The second-order valence-corrected chi connectivity index (χ2v) is 4.71. The molecule has 1 aliphatic heterocycles. The lowest BCUT2D eigenvalue weighted by Crippen LogP contribution is -2.47. The Hall–Kier alpha value is -0.650. The minimum atomic E-state index is -0.402. The Morgan fingerprint density at radius 3 is 2.79 bits per heavy atom. The molecule has 2 atom stereocenters. The van der Waals surface area contributed by atoms with Gasteiger partial charge in [0.25, 0.3) is 5.91 Å². The van der Waals surface area contributed by atoms with Gasteiger partial charge in [-0.15, -0.1) is 0 Å². The van der Waals surface area contributed by atoms with Gasteiger partial charge in [0.1, 0.15) is 6.10 Å². The largest absolute Gasteiger partial charge is 0.379 e. The smallest absolute Gasteiger partial charge is 0.251 e. The molecule has 0 spiro atoms. The zero-order valence-electron chi connectivity index (χ0n) is 12.4. The van der Waals surface area contributed by atoms with E-state index in [1.807, 2.05) is 18.7 Å². The lowest BCUT2D eigenvalue weighted by molar-refractivity contribution is -0.147. The zero-order chi connectivity index (χ0) is 14.1. The minimum absolute atomic E-state index is 0.0564. The molecule has 5 nitrogen and oxygen atoms in total. The van der Waals surface area contributed by atoms with Crippen LogP contribution in [0.3, 0.4) is 0 Å². The highest BCUT2D eigenvalue weighted by atomic mass is 16.5. The highest BCUT2D eigenvalue weighted by Gasteiger charge is 2.27. The molecular weight excluding hydrogens is 246 g/mol. The first-order valence-electron chi connectivity index (χ1n) is 7.28. The molecule has 112 valence electrons. The number of amides is 1. The van der Waals surface area contributed by atoms with Crippen LogP contribution in [0, 0.1) is 0 Å². The van der Waals surface area contributed by atoms with E-state index >= 15 is 0 Å². The summed E-state index contributed by atoms with van der Waals surface area (Å²) in [7, 11) is 0. The number of hydrogen-bond acceptors (Lipinski definition) is 4. The van der Waals surface area contributed by atoms with Crippen LogP contribution in [0.25, 0.3) is 0 Å². The predicted octanol–water partition coefficient (Wildman–Crippen LogP) is 1.46. The van der Waals surface area contributed by atoms with Crippen LogP contribution in [0.15, 0.2) is 0 Å². The van der Waals surface area contributed by atoms with E-state index < -0.39 is 6.10 Å². The Labute approximate surface area is 116 Å². The van der Waals surface area contributed by atoms with Crippen LogP contribution in [0.5, 0.6) is 0 Å². The fourth-order valence-corrected chi connectivity index (χ4v) is 2.27. The van der Waals surface area contributed by atoms with E-state index in [4.69, 9.17) is 14.2 Å². The Bertz CT molecular complexity index is 258. The van der Waals surface area contributed by atoms with Crippen molar-refractivity contribution in [2.24, 2.45) is 0 Å². The van der Waals surface area contributed by atoms with Gasteiger partial charge in [-0.25, -0.2) is 0 Å². The van der Waals surface area contributed by atoms with Gasteiger partial charge in [-0.1, -0.05) is 0 Å². The highest BCUT2D eigenvalue weighted by Crippen LogP contribution is 2.14. The summed E-state index contributed by atoms with van der Waals surface area (Å²) < 4.78 is 16.3. The summed E-state index contributed by atoms with van der Waals surface area (Å²) in [5.41, 5.74) is 0. The van der Waals surface area contributed by atoms with Gasteiger partial charge in [0.05, 0.1) is 19.3 Å². The molecule has 0 aromatic carbocycles. The van der Waals surface area contributed by atoms with Crippen LogP contribution in [-0.2, 0) is 19.0 Å². The summed E-state index contributed by atoms with van der Waals surface area (Å²) in [6.45, 7) is 9.60. The lowest BCUT2D eigenvalue weighted by Gasteiger charge is -2.34. The van der Waals surface area contributed by atoms with Gasteiger partial charge in [0.2, 0.25) is 0 Å². The summed E-state index contributed by atoms with van der Waals surface area (Å²) in [4.78, 5) is 14.1. The van der Waals surface area contributed by atoms with E-state index in [9.17, 15) is 4.79 Å². The quantitative estimate of drug-likeness (QED) is 0.628. The van der Waals surface area contributed by atoms with E-state index in [2.05, 4.69) is 0 Å². The Morgan fingerprint density at radius 1 is 1.32 bits per heavy atom. The molecule has 1 heterocycles. The summed E-state index contributed by atoms with van der Waals surface area (Å²) >= 11 is 0. The van der Waals surface area contributed by atoms with Gasteiger partial charge in [0.15, 0.2) is 0 Å². The fourth-order valence-electron chi connectivity index (χ4n) is 2.27. The Kier molecular flexibility index (Phi) is 8.02. The molecule has 19 heavy (non-hydrogen) atoms. The van der Waals surface area contributed by atoms with Gasteiger partial charge >= 0.3 is 0 Å². The number of likely N-dealkylation sites (tertiary alicyclic amines) is 1. The molecule has 0 radical (unpaired) electrons. The van der Waals surface area contributed by atoms with Crippen molar-refractivity contribution in [2.75, 3.05) is 39.5 Å². The first-order chi connectivity index (χ1) is 9.19. The van der Waals surface area contributed by atoms with Crippen molar-refractivity contribution >= 4 is 5.91 Å². The Morgan fingerprint density at radius 2 is 2.11 bits per heavy atom. The van der Waals surface area contributed by atoms with E-state index in [-0.39, 0.29) is 12.0 Å². The fraction of sp³-hybridized carbons (Fsp3) is 0.929. The molecule has 0 aromatic rings. The van der Waals surface area contributed by atoms with Crippen molar-refractivity contribution in [1.82, 2.24) is 4.90 Å². The van der Waals surface area contributed by atoms with Crippen LogP contribution in [0.2, 0.25) is 0 Å². The average Bonchev–Trinajstić information content (AvgIpc) is 2.43. The van der Waals surface area contributed by atoms with Crippen LogP contribution in [-0.4, -0.2) is 62.5 Å². The van der Waals surface area contributed by atoms with Crippen LogP contribution in [0.1, 0.15) is 33.6 Å². The minimum Gasteiger partial charge on any atom is -0.379 e. The topological polar surface area (TPSA) is 48.0 Å². The van der Waals surface area contributed by atoms with Crippen molar-refractivity contribution in [2.45, 2.75) is 45.8 Å². The average molecular weight is 273 g/mol. The first kappa shape index (κ1) is 16.4. The van der Waals surface area contributed by atoms with Gasteiger partial charge in [0, 0.05) is 26.3 Å². The number of ether oxygens (including phenoxy) is 3. The molecule has 1 rings (SSSR count). The van der Waals surface area contributed by atoms with Crippen LogP contribution >= 0.6 is 0 Å². The summed E-state index contributed by atoms with van der Waals surface area (Å²) in [6.07, 6.45) is 1.82. The Balaban J connectivity index is 2.30.